The molecule has 2 aliphatic heterocycles. The maximum absolute atomic E-state index is 14.9. The summed E-state index contributed by atoms with van der Waals surface area (Å²) in [6.45, 7) is 5.66. The average molecular weight is 933 g/mol. The highest BCUT2D eigenvalue weighted by molar-refractivity contribution is 6.01. The Morgan fingerprint density at radius 2 is 1.49 bits per heavy atom. The Bertz CT molecular complexity index is 2470. The van der Waals surface area contributed by atoms with E-state index >= 15 is 0 Å². The summed E-state index contributed by atoms with van der Waals surface area (Å²) in [6, 6.07) is 24.5. The van der Waals surface area contributed by atoms with Crippen LogP contribution >= 0.6 is 0 Å². The highest BCUT2D eigenvalue weighted by atomic mass is 19.3. The normalized spacial score (nSPS) is 17.9. The number of benzene rings is 4. The number of fused-ring (bicyclic) bond motifs is 5. The van der Waals surface area contributed by atoms with Gasteiger partial charge < -0.3 is 36.9 Å². The first-order chi connectivity index (χ1) is 32.6. The summed E-state index contributed by atoms with van der Waals surface area (Å²) in [5.41, 5.74) is 23.9. The van der Waals surface area contributed by atoms with E-state index < -0.39 is 47.4 Å². The van der Waals surface area contributed by atoms with Gasteiger partial charge in [-0.3, -0.25) is 24.2 Å². The van der Waals surface area contributed by atoms with Gasteiger partial charge in [-0.1, -0.05) is 80.9 Å². The first kappa shape index (κ1) is 51.3. The maximum atomic E-state index is 14.9. The summed E-state index contributed by atoms with van der Waals surface area (Å²) in [4.78, 5) is 63.5. The molecular formula is C54H66F2N6O6. The van der Waals surface area contributed by atoms with E-state index in [1.54, 1.807) is 43.3 Å². The van der Waals surface area contributed by atoms with Crippen molar-refractivity contribution in [3.8, 4) is 33.8 Å². The average Bonchev–Trinajstić information content (AvgIpc) is 3.85. The van der Waals surface area contributed by atoms with Crippen molar-refractivity contribution in [2.45, 2.75) is 96.6 Å². The maximum Gasteiger partial charge on any atom is 0.268 e. The van der Waals surface area contributed by atoms with E-state index in [4.69, 9.17) is 26.7 Å². The molecule has 0 radical (unpaired) electrons. The van der Waals surface area contributed by atoms with Gasteiger partial charge in [-0.2, -0.15) is 0 Å². The molecule has 6 rings (SSSR count). The molecule has 7 N–H and O–H groups in total. The Balaban J connectivity index is 1.36. The van der Waals surface area contributed by atoms with E-state index in [1.165, 1.54) is 17.5 Å². The van der Waals surface area contributed by atoms with E-state index in [9.17, 15) is 28.0 Å². The highest BCUT2D eigenvalue weighted by Crippen LogP contribution is 2.41. The molecule has 14 heteroatoms. The number of nitrogens with one attached hydrogen (secondary N) is 1. The Kier molecular flexibility index (Phi) is 17.9. The molecule has 4 atom stereocenters. The fourth-order valence-electron chi connectivity index (χ4n) is 8.82. The van der Waals surface area contributed by atoms with Crippen molar-refractivity contribution in [2.75, 3.05) is 39.9 Å². The second kappa shape index (κ2) is 23.8. The highest BCUT2D eigenvalue weighted by Gasteiger charge is 2.37. The number of aryl methyl sites for hydroxylation is 1. The number of nitrogens with two attached hydrogens (primary N) is 3. The number of amides is 2. The molecule has 4 aromatic carbocycles. The number of nitrogens with zero attached hydrogens (tertiary/aromatic N) is 2. The van der Waals surface area contributed by atoms with E-state index in [2.05, 4.69) is 41.5 Å². The minimum atomic E-state index is -3.11. The number of Topliss-reactive ketones (excluding diaryl/α,β-unsaturated/α-hetero) is 2. The van der Waals surface area contributed by atoms with Crippen LogP contribution in [0.1, 0.15) is 98.8 Å². The third-order valence-electron chi connectivity index (χ3n) is 12.7. The van der Waals surface area contributed by atoms with Crippen molar-refractivity contribution in [2.24, 2.45) is 34.0 Å². The largest absolute Gasteiger partial charge is 0.492 e. The van der Waals surface area contributed by atoms with Gasteiger partial charge in [0.2, 0.25) is 11.8 Å². The molecule has 0 fully saturated rings. The van der Waals surface area contributed by atoms with E-state index in [1.807, 2.05) is 24.3 Å². The Morgan fingerprint density at radius 3 is 2.09 bits per heavy atom. The summed E-state index contributed by atoms with van der Waals surface area (Å²) in [5.74, 6) is -5.53. The first-order valence-corrected chi connectivity index (χ1v) is 23.7. The van der Waals surface area contributed by atoms with Gasteiger partial charge >= 0.3 is 0 Å². The van der Waals surface area contributed by atoms with E-state index in [0.29, 0.717) is 52.3 Å². The lowest BCUT2D eigenvalue weighted by Crippen LogP contribution is -2.45. The van der Waals surface area contributed by atoms with Crippen LogP contribution in [0.15, 0.2) is 102 Å². The number of unbranched alkanes of at least 4 members (excludes halogenated alkanes) is 1. The predicted molar refractivity (Wildman–Crippen MR) is 263 cm³/mol. The molecule has 68 heavy (non-hydrogen) atoms. The Morgan fingerprint density at radius 1 is 0.853 bits per heavy atom. The van der Waals surface area contributed by atoms with Crippen LogP contribution in [0.4, 0.5) is 8.78 Å². The molecule has 2 heterocycles. The molecule has 0 saturated carbocycles. The molecule has 0 aliphatic carbocycles. The molecule has 2 aliphatic rings. The van der Waals surface area contributed by atoms with Crippen molar-refractivity contribution in [3.05, 3.63) is 119 Å². The van der Waals surface area contributed by atoms with Gasteiger partial charge in [0.15, 0.2) is 11.6 Å². The van der Waals surface area contributed by atoms with Crippen LogP contribution in [-0.2, 0) is 27.2 Å². The molecule has 2 amide bonds. The minimum absolute atomic E-state index is 0.119. The summed E-state index contributed by atoms with van der Waals surface area (Å²) in [5, 5.41) is 3.01. The fourth-order valence-corrected chi connectivity index (χ4v) is 8.82. The molecule has 0 unspecified atom stereocenters. The number of alkyl halides is 2. The zero-order chi connectivity index (χ0) is 49.0. The Hall–Kier alpha value is -6.09. The van der Waals surface area contributed by atoms with Gasteiger partial charge in [-0.05, 0) is 90.7 Å². The van der Waals surface area contributed by atoms with E-state index in [0.717, 1.165) is 49.1 Å². The molecule has 362 valence electrons. The summed E-state index contributed by atoms with van der Waals surface area (Å²) in [7, 11) is 1.54. The number of likely N-dealkylation sites (N-methyl/N-ethyl adjacent to an activating group) is 1. The number of hydrogen-bond acceptors (Lipinski definition) is 10. The molecule has 4 aromatic rings. The first-order valence-electron chi connectivity index (χ1n) is 23.7. The zero-order valence-electron chi connectivity index (χ0n) is 39.7. The van der Waals surface area contributed by atoms with Gasteiger partial charge in [0.1, 0.15) is 30.8 Å². The number of hydrogen-bond donors (Lipinski definition) is 4. The third kappa shape index (κ3) is 12.9. The standard InChI is InChI=1S/C54H66F2N6O6/c1-5-6-8-35-10-13-37(14-11-35)38-15-17-39(18-16-38)47(63)31-41(9-7-22-57)53(66)62(4)51-40-19-21-50(68-26-24-59)44(30-40)43-28-36(12-20-49(43)67-25-23-58)29-46(61-52(65)34(2)27-48(51)64)45-32-42(33-60-45)54(3,55)56/h10-21,28,30,33-34,41,46,51H,5-9,22-27,29,31-32,57-59H2,1-4H3,(H,61,65)/t34-,41-,46+,51+/m1/s1. The third-order valence-corrected chi connectivity index (χ3v) is 12.7. The van der Waals surface area contributed by atoms with Crippen LogP contribution in [-0.4, -0.2) is 85.9 Å². The van der Waals surface area contributed by atoms with Crippen molar-refractivity contribution >= 4 is 29.1 Å². The zero-order valence-corrected chi connectivity index (χ0v) is 39.7. The SMILES string of the molecule is CCCCc1ccc(-c2ccc(C(=O)C[C@@H](CCCN)C(=O)N(C)[C@@H]3C(=O)C[C@@H](C)C(=O)N[C@H](C4=NC=C(C(C)(F)F)C4)Cc4ccc(OCCN)c(c4)-c4cc3ccc4OCCN)cc2)cc1. The molecular weight excluding hydrogens is 867 g/mol. The molecule has 12 nitrogen and oxygen atoms in total. The quantitative estimate of drug-likeness (QED) is 0.0633. The van der Waals surface area contributed by atoms with Crippen LogP contribution in [0.5, 0.6) is 11.5 Å². The lowest BCUT2D eigenvalue weighted by Gasteiger charge is -2.32. The van der Waals surface area contributed by atoms with Gasteiger partial charge in [-0.25, -0.2) is 8.78 Å². The number of aliphatic imine (C=N–C) groups is 1. The number of carbonyl (C=O) groups is 4. The topological polar surface area (TPSA) is 192 Å². The number of carbonyl (C=O) groups excluding carboxylic acids is 4. The van der Waals surface area contributed by atoms with Crippen LogP contribution in [0.3, 0.4) is 0 Å². The number of ether oxygens (including phenoxy) is 2. The van der Waals surface area contributed by atoms with Crippen LogP contribution in [0.2, 0.25) is 0 Å². The number of rotatable bonds is 20. The fraction of sp³-hybridized carbons (Fsp3) is 0.426. The lowest BCUT2D eigenvalue weighted by molar-refractivity contribution is -0.142. The monoisotopic (exact) mass is 933 g/mol. The minimum Gasteiger partial charge on any atom is -0.492 e. The summed E-state index contributed by atoms with van der Waals surface area (Å²) in [6.07, 6.45) is 4.83. The van der Waals surface area contributed by atoms with Crippen molar-refractivity contribution < 1.29 is 37.4 Å². The molecule has 0 spiro atoms. The van der Waals surface area contributed by atoms with Gasteiger partial charge in [0, 0.05) is 92.3 Å². The van der Waals surface area contributed by atoms with Crippen LogP contribution < -0.4 is 32.0 Å². The van der Waals surface area contributed by atoms with Gasteiger partial charge in [-0.15, -0.1) is 0 Å². The summed E-state index contributed by atoms with van der Waals surface area (Å²) >= 11 is 0. The second-order valence-electron chi connectivity index (χ2n) is 18.0. The number of halogens is 2. The van der Waals surface area contributed by atoms with Crippen molar-refractivity contribution in [1.82, 2.24) is 10.2 Å². The lowest BCUT2D eigenvalue weighted by atomic mass is 9.87. The van der Waals surface area contributed by atoms with Crippen LogP contribution in [0.25, 0.3) is 22.3 Å². The molecule has 0 saturated heterocycles. The number of ketones is 2. The predicted octanol–water partition coefficient (Wildman–Crippen LogP) is 8.19. The smallest absolute Gasteiger partial charge is 0.268 e. The van der Waals surface area contributed by atoms with Crippen molar-refractivity contribution in [1.29, 1.82) is 0 Å². The number of allylic oxidation sites excluding steroid dienone is 1. The Labute approximate surface area is 398 Å². The molecule has 0 aromatic heterocycles. The van der Waals surface area contributed by atoms with Crippen molar-refractivity contribution in [3.63, 3.8) is 0 Å². The van der Waals surface area contributed by atoms with Gasteiger partial charge in [0.05, 0.1) is 6.04 Å². The van der Waals surface area contributed by atoms with Crippen LogP contribution in [0, 0.1) is 11.8 Å². The van der Waals surface area contributed by atoms with Gasteiger partial charge in [0.25, 0.3) is 5.92 Å². The summed E-state index contributed by atoms with van der Waals surface area (Å²) < 4.78 is 41.3. The molecule has 4 bridgehead atoms. The van der Waals surface area contributed by atoms with E-state index in [-0.39, 0.29) is 69.9 Å². The second-order valence-corrected chi connectivity index (χ2v) is 18.0.